The Hall–Kier alpha value is -1.72. The summed E-state index contributed by atoms with van der Waals surface area (Å²) >= 11 is 0. The molecular formula is C11H11F3N2O. The van der Waals surface area contributed by atoms with E-state index in [4.69, 9.17) is 0 Å². The highest BCUT2D eigenvalue weighted by molar-refractivity contribution is 5.89. The molecule has 1 aromatic carbocycles. The van der Waals surface area contributed by atoms with Gasteiger partial charge in [0.2, 0.25) is 0 Å². The van der Waals surface area contributed by atoms with Gasteiger partial charge in [-0.3, -0.25) is 0 Å². The van der Waals surface area contributed by atoms with Crippen molar-refractivity contribution in [3.63, 3.8) is 0 Å². The summed E-state index contributed by atoms with van der Waals surface area (Å²) in [4.78, 5) is 13.1. The molecule has 1 saturated heterocycles. The van der Waals surface area contributed by atoms with Crippen LogP contribution in [0.3, 0.4) is 0 Å². The number of rotatable bonds is 1. The molecule has 0 saturated carbocycles. The van der Waals surface area contributed by atoms with E-state index >= 15 is 0 Å². The van der Waals surface area contributed by atoms with Gasteiger partial charge in [0.1, 0.15) is 0 Å². The lowest BCUT2D eigenvalue weighted by atomic mass is 10.3. The Bertz CT molecular complexity index is 421. The van der Waals surface area contributed by atoms with Gasteiger partial charge >= 0.3 is 6.03 Å². The second-order valence-corrected chi connectivity index (χ2v) is 3.88. The van der Waals surface area contributed by atoms with E-state index in [1.54, 1.807) is 4.90 Å². The van der Waals surface area contributed by atoms with E-state index in [9.17, 15) is 18.0 Å². The molecular weight excluding hydrogens is 233 g/mol. The third-order valence-corrected chi connectivity index (χ3v) is 2.63. The molecule has 0 radical (unpaired) electrons. The molecule has 0 aromatic heterocycles. The predicted molar refractivity (Wildman–Crippen MR) is 56.1 cm³/mol. The third-order valence-electron chi connectivity index (χ3n) is 2.63. The normalized spacial score (nSPS) is 15.1. The third kappa shape index (κ3) is 2.51. The number of hydrogen-bond acceptors (Lipinski definition) is 1. The van der Waals surface area contributed by atoms with Crippen molar-refractivity contribution < 1.29 is 18.0 Å². The molecule has 1 aromatic rings. The lowest BCUT2D eigenvalue weighted by Gasteiger charge is -2.16. The van der Waals surface area contributed by atoms with Gasteiger partial charge in [-0.1, -0.05) is 0 Å². The highest BCUT2D eigenvalue weighted by Gasteiger charge is 2.19. The summed E-state index contributed by atoms with van der Waals surface area (Å²) in [6.07, 6.45) is 1.83. The molecule has 0 atom stereocenters. The zero-order valence-electron chi connectivity index (χ0n) is 8.97. The molecule has 1 N–H and O–H groups in total. The SMILES string of the molecule is O=C(Nc1cc(F)c(F)c(F)c1)N1CCCC1. The molecule has 17 heavy (non-hydrogen) atoms. The number of benzene rings is 1. The summed E-state index contributed by atoms with van der Waals surface area (Å²) in [7, 11) is 0. The quantitative estimate of drug-likeness (QED) is 0.757. The highest BCUT2D eigenvalue weighted by atomic mass is 19.2. The molecule has 0 aliphatic carbocycles. The van der Waals surface area contributed by atoms with E-state index in [1.165, 1.54) is 0 Å². The Morgan fingerprint density at radius 1 is 1.12 bits per heavy atom. The molecule has 1 aliphatic rings. The summed E-state index contributed by atoms with van der Waals surface area (Å²) in [6, 6.07) is 1.09. The monoisotopic (exact) mass is 244 g/mol. The molecule has 3 nitrogen and oxygen atoms in total. The molecule has 0 unspecified atom stereocenters. The Morgan fingerprint density at radius 2 is 1.65 bits per heavy atom. The maximum absolute atomic E-state index is 12.9. The van der Waals surface area contributed by atoms with E-state index in [2.05, 4.69) is 5.32 Å². The van der Waals surface area contributed by atoms with Crippen LogP contribution in [-0.4, -0.2) is 24.0 Å². The Morgan fingerprint density at radius 3 is 2.18 bits per heavy atom. The number of halogens is 3. The summed E-state index contributed by atoms with van der Waals surface area (Å²) in [5.41, 5.74) is -0.0849. The molecule has 92 valence electrons. The van der Waals surface area contributed by atoms with E-state index < -0.39 is 23.5 Å². The molecule has 2 amide bonds. The molecule has 6 heteroatoms. The fourth-order valence-electron chi connectivity index (χ4n) is 1.75. The van der Waals surface area contributed by atoms with Crippen molar-refractivity contribution in [3.05, 3.63) is 29.6 Å². The number of anilines is 1. The summed E-state index contributed by atoms with van der Waals surface area (Å²) < 4.78 is 38.5. The number of carbonyl (C=O) groups is 1. The van der Waals surface area contributed by atoms with Crippen LogP contribution in [0.1, 0.15) is 12.8 Å². The van der Waals surface area contributed by atoms with Crippen LogP contribution in [0.2, 0.25) is 0 Å². The lowest BCUT2D eigenvalue weighted by molar-refractivity contribution is 0.222. The van der Waals surface area contributed by atoms with E-state index in [0.717, 1.165) is 25.0 Å². The average molecular weight is 244 g/mol. The van der Waals surface area contributed by atoms with Crippen molar-refractivity contribution in [1.29, 1.82) is 0 Å². The minimum atomic E-state index is -1.54. The van der Waals surface area contributed by atoms with Crippen LogP contribution in [0.5, 0.6) is 0 Å². The second kappa shape index (κ2) is 4.65. The van der Waals surface area contributed by atoms with Crippen LogP contribution in [0.4, 0.5) is 23.7 Å². The van der Waals surface area contributed by atoms with E-state index in [0.29, 0.717) is 13.1 Å². The van der Waals surface area contributed by atoms with E-state index in [1.807, 2.05) is 0 Å². The maximum Gasteiger partial charge on any atom is 0.321 e. The average Bonchev–Trinajstić information content (AvgIpc) is 2.79. The number of nitrogens with one attached hydrogen (secondary N) is 1. The van der Waals surface area contributed by atoms with Crippen molar-refractivity contribution in [2.45, 2.75) is 12.8 Å². The lowest BCUT2D eigenvalue weighted by Crippen LogP contribution is -2.32. The van der Waals surface area contributed by atoms with Crippen molar-refractivity contribution in [3.8, 4) is 0 Å². The molecule has 2 rings (SSSR count). The predicted octanol–water partition coefficient (Wildman–Crippen LogP) is 2.73. The first-order valence-corrected chi connectivity index (χ1v) is 5.28. The minimum Gasteiger partial charge on any atom is -0.325 e. The molecule has 0 bridgehead atoms. The number of urea groups is 1. The van der Waals surface area contributed by atoms with Crippen LogP contribution in [0.25, 0.3) is 0 Å². The van der Waals surface area contributed by atoms with E-state index in [-0.39, 0.29) is 5.69 Å². The first-order chi connectivity index (χ1) is 8.08. The zero-order chi connectivity index (χ0) is 12.4. The van der Waals surface area contributed by atoms with Crippen LogP contribution >= 0.6 is 0 Å². The van der Waals surface area contributed by atoms with Gasteiger partial charge in [0.15, 0.2) is 17.5 Å². The maximum atomic E-state index is 12.9. The fourth-order valence-corrected chi connectivity index (χ4v) is 1.75. The number of amides is 2. The second-order valence-electron chi connectivity index (χ2n) is 3.88. The molecule has 1 fully saturated rings. The summed E-state index contributed by atoms with van der Waals surface area (Å²) in [5, 5.41) is 2.33. The van der Waals surface area contributed by atoms with Gasteiger partial charge in [0.05, 0.1) is 0 Å². The number of nitrogens with zero attached hydrogens (tertiary/aromatic N) is 1. The highest BCUT2D eigenvalue weighted by Crippen LogP contribution is 2.18. The van der Waals surface area contributed by atoms with Crippen molar-refractivity contribution in [2.75, 3.05) is 18.4 Å². The van der Waals surface area contributed by atoms with Gasteiger partial charge in [-0.2, -0.15) is 0 Å². The van der Waals surface area contributed by atoms with Gasteiger partial charge < -0.3 is 10.2 Å². The molecule has 1 aliphatic heterocycles. The number of hydrogen-bond donors (Lipinski definition) is 1. The Labute approximate surface area is 96.2 Å². The molecule has 0 spiro atoms. The van der Waals surface area contributed by atoms with Crippen molar-refractivity contribution >= 4 is 11.7 Å². The largest absolute Gasteiger partial charge is 0.325 e. The van der Waals surface area contributed by atoms with Crippen LogP contribution in [0, 0.1) is 17.5 Å². The van der Waals surface area contributed by atoms with Crippen LogP contribution < -0.4 is 5.32 Å². The first-order valence-electron chi connectivity index (χ1n) is 5.28. The summed E-state index contributed by atoms with van der Waals surface area (Å²) in [5.74, 6) is -4.17. The van der Waals surface area contributed by atoms with Gasteiger partial charge in [-0.25, -0.2) is 18.0 Å². The Kier molecular flexibility index (Phi) is 3.21. The van der Waals surface area contributed by atoms with Crippen LogP contribution in [0.15, 0.2) is 12.1 Å². The standard InChI is InChI=1S/C11H11F3N2O/c12-8-5-7(6-9(13)10(8)14)15-11(17)16-3-1-2-4-16/h5-6H,1-4H2,(H,15,17). The zero-order valence-corrected chi connectivity index (χ0v) is 8.97. The van der Waals surface area contributed by atoms with Gasteiger partial charge in [0.25, 0.3) is 0 Å². The smallest absolute Gasteiger partial charge is 0.321 e. The molecule has 1 heterocycles. The topological polar surface area (TPSA) is 32.3 Å². The first kappa shape index (κ1) is 11.8. The van der Waals surface area contributed by atoms with Gasteiger partial charge in [-0.05, 0) is 12.8 Å². The van der Waals surface area contributed by atoms with Crippen molar-refractivity contribution in [1.82, 2.24) is 4.90 Å². The Balaban J connectivity index is 2.10. The number of likely N-dealkylation sites (tertiary alicyclic amines) is 1. The van der Waals surface area contributed by atoms with Crippen LogP contribution in [-0.2, 0) is 0 Å². The summed E-state index contributed by atoms with van der Waals surface area (Å²) in [6.45, 7) is 1.25. The number of carbonyl (C=O) groups excluding carboxylic acids is 1. The van der Waals surface area contributed by atoms with Gasteiger partial charge in [-0.15, -0.1) is 0 Å². The fraction of sp³-hybridized carbons (Fsp3) is 0.364. The van der Waals surface area contributed by atoms with Crippen molar-refractivity contribution in [2.24, 2.45) is 0 Å². The van der Waals surface area contributed by atoms with Gasteiger partial charge in [0, 0.05) is 30.9 Å². The minimum absolute atomic E-state index is 0.0849.